The van der Waals surface area contributed by atoms with Crippen LogP contribution >= 0.6 is 0 Å². The second-order valence-corrected chi connectivity index (χ2v) is 6.16. The summed E-state index contributed by atoms with van der Waals surface area (Å²) in [6.45, 7) is 6.78. The molecular weight excluding hydrogens is 181 g/mol. The number of rotatable bonds is 1. The largest absolute Gasteiger partial charge is 1.00 e. The van der Waals surface area contributed by atoms with Crippen LogP contribution < -0.4 is 24.0 Å². The summed E-state index contributed by atoms with van der Waals surface area (Å²) in [5.74, 6) is 0.602. The molecule has 0 aromatic heterocycles. The van der Waals surface area contributed by atoms with Gasteiger partial charge in [0, 0.05) is 6.04 Å². The summed E-state index contributed by atoms with van der Waals surface area (Å²) >= 11 is 0. The van der Waals surface area contributed by atoms with Gasteiger partial charge in [-0.1, -0.05) is 20.8 Å². The van der Waals surface area contributed by atoms with Crippen LogP contribution in [0.1, 0.15) is 33.6 Å². The molecule has 0 saturated heterocycles. The van der Waals surface area contributed by atoms with Gasteiger partial charge in [0.15, 0.2) is 0 Å². The topological polar surface area (TPSA) is 26.3 Å². The first-order valence-electron chi connectivity index (χ1n) is 5.64. The third-order valence-electron chi connectivity index (χ3n) is 5.32. The molecule has 0 N–H and O–H groups in total. The predicted octanol–water partition coefficient (Wildman–Crippen LogP) is -1.89. The molecule has 2 fully saturated rings. The van der Waals surface area contributed by atoms with Gasteiger partial charge in [0.1, 0.15) is 0 Å². The number of hydrogen-bond donors (Lipinski definition) is 0. The van der Waals surface area contributed by atoms with Crippen molar-refractivity contribution >= 4 is 0 Å². The Kier molecular flexibility index (Phi) is 3.42. The average molecular weight is 203 g/mol. The molecule has 0 unspecified atom stereocenters. The van der Waals surface area contributed by atoms with Gasteiger partial charge in [0.2, 0.25) is 0 Å². The monoisotopic (exact) mass is 203 g/mol. The van der Waals surface area contributed by atoms with Crippen LogP contribution in [0.2, 0.25) is 0 Å². The Balaban J connectivity index is 0.00000112. The van der Waals surface area contributed by atoms with E-state index in [0.717, 1.165) is 6.42 Å². The Hall–Kier alpha value is 0.517. The minimum Gasteiger partial charge on any atom is -0.850 e. The van der Waals surface area contributed by atoms with Gasteiger partial charge in [-0.25, -0.2) is 0 Å². The molecule has 0 aromatic rings. The molecule has 2 saturated carbocycles. The molecule has 15 heavy (non-hydrogen) atoms. The van der Waals surface area contributed by atoms with E-state index in [0.29, 0.717) is 5.92 Å². The zero-order valence-electron chi connectivity index (χ0n) is 11.0. The van der Waals surface area contributed by atoms with Crippen molar-refractivity contribution in [2.75, 3.05) is 14.1 Å². The molecule has 2 rings (SSSR count). The van der Waals surface area contributed by atoms with Crippen LogP contribution in [0.5, 0.6) is 0 Å². The van der Waals surface area contributed by atoms with Crippen LogP contribution in [0.3, 0.4) is 0 Å². The van der Waals surface area contributed by atoms with E-state index in [4.69, 9.17) is 0 Å². The molecule has 2 aliphatic carbocycles. The van der Waals surface area contributed by atoms with Gasteiger partial charge in [-0.2, -0.15) is 0 Å². The Morgan fingerprint density at radius 3 is 2.00 bits per heavy atom. The maximum Gasteiger partial charge on any atom is 1.00 e. The van der Waals surface area contributed by atoms with Gasteiger partial charge in [-0.05, 0) is 43.7 Å². The SMILES string of the molecule is CN(C)[C@@H]1[C@H]2CC[C@@](C)([C@@H]1[O-])C2(C)C.[Li+]. The maximum absolute atomic E-state index is 12.4. The normalized spacial score (nSPS) is 47.0. The van der Waals surface area contributed by atoms with Crippen LogP contribution in [-0.2, 0) is 0 Å². The summed E-state index contributed by atoms with van der Waals surface area (Å²) in [5.41, 5.74) is 0.251. The zero-order valence-corrected chi connectivity index (χ0v) is 11.0. The number of fused-ring (bicyclic) bond motifs is 2. The number of nitrogens with zero attached hydrogens (tertiary/aromatic N) is 1. The molecule has 0 spiro atoms. The third kappa shape index (κ3) is 1.46. The Labute approximate surface area is 106 Å². The van der Waals surface area contributed by atoms with Crippen LogP contribution in [0, 0.1) is 16.7 Å². The second kappa shape index (κ2) is 3.77. The van der Waals surface area contributed by atoms with Crippen molar-refractivity contribution in [2.24, 2.45) is 16.7 Å². The van der Waals surface area contributed by atoms with E-state index >= 15 is 0 Å². The van der Waals surface area contributed by atoms with Crippen molar-refractivity contribution in [3.63, 3.8) is 0 Å². The molecule has 82 valence electrons. The molecular formula is C12H22LiNO. The molecule has 0 radical (unpaired) electrons. The Morgan fingerprint density at radius 2 is 1.73 bits per heavy atom. The van der Waals surface area contributed by atoms with E-state index < -0.39 is 6.10 Å². The minimum atomic E-state index is -0.397. The second-order valence-electron chi connectivity index (χ2n) is 6.16. The fourth-order valence-electron chi connectivity index (χ4n) is 3.89. The van der Waals surface area contributed by atoms with Crippen molar-refractivity contribution < 1.29 is 24.0 Å². The molecule has 2 aliphatic rings. The Bertz CT molecular complexity index is 254. The van der Waals surface area contributed by atoms with Crippen molar-refractivity contribution in [1.82, 2.24) is 4.90 Å². The summed E-state index contributed by atoms with van der Waals surface area (Å²) in [7, 11) is 4.10. The van der Waals surface area contributed by atoms with E-state index in [9.17, 15) is 5.11 Å². The van der Waals surface area contributed by atoms with E-state index in [-0.39, 0.29) is 35.7 Å². The molecule has 0 amide bonds. The first-order chi connectivity index (χ1) is 6.32. The molecule has 0 aromatic carbocycles. The fraction of sp³-hybridized carbons (Fsp3) is 1.00. The summed E-state index contributed by atoms with van der Waals surface area (Å²) in [4.78, 5) is 2.15. The van der Waals surface area contributed by atoms with Gasteiger partial charge >= 0.3 is 18.9 Å². The summed E-state index contributed by atoms with van der Waals surface area (Å²) in [6, 6.07) is 0.253. The summed E-state index contributed by atoms with van der Waals surface area (Å²) < 4.78 is 0. The molecule has 3 heteroatoms. The van der Waals surface area contributed by atoms with Crippen molar-refractivity contribution in [1.29, 1.82) is 0 Å². The van der Waals surface area contributed by atoms with E-state index in [1.54, 1.807) is 0 Å². The third-order valence-corrected chi connectivity index (χ3v) is 5.32. The van der Waals surface area contributed by atoms with Crippen LogP contribution in [0.4, 0.5) is 0 Å². The molecule has 2 bridgehead atoms. The Morgan fingerprint density at radius 1 is 1.20 bits per heavy atom. The van der Waals surface area contributed by atoms with E-state index in [1.807, 2.05) is 0 Å². The minimum absolute atomic E-state index is 0. The quantitative estimate of drug-likeness (QED) is 0.466. The van der Waals surface area contributed by atoms with Gasteiger partial charge < -0.3 is 10.0 Å². The van der Waals surface area contributed by atoms with Crippen molar-refractivity contribution in [3.8, 4) is 0 Å². The molecule has 0 heterocycles. The van der Waals surface area contributed by atoms with Crippen LogP contribution in [-0.4, -0.2) is 31.1 Å². The summed E-state index contributed by atoms with van der Waals surface area (Å²) in [5, 5.41) is 12.4. The van der Waals surface area contributed by atoms with Gasteiger partial charge in [-0.3, -0.25) is 0 Å². The maximum atomic E-state index is 12.4. The van der Waals surface area contributed by atoms with Crippen molar-refractivity contribution in [3.05, 3.63) is 0 Å². The molecule has 0 aliphatic heterocycles. The first-order valence-corrected chi connectivity index (χ1v) is 5.64. The molecule has 4 atom stereocenters. The smallest absolute Gasteiger partial charge is 0.850 e. The molecule has 2 nitrogen and oxygen atoms in total. The van der Waals surface area contributed by atoms with Gasteiger partial charge in [0.25, 0.3) is 0 Å². The number of likely N-dealkylation sites (N-methyl/N-ethyl adjacent to an activating group) is 1. The number of hydrogen-bond acceptors (Lipinski definition) is 2. The van der Waals surface area contributed by atoms with Gasteiger partial charge in [0.05, 0.1) is 0 Å². The van der Waals surface area contributed by atoms with Gasteiger partial charge in [-0.15, -0.1) is 6.10 Å². The van der Waals surface area contributed by atoms with Crippen molar-refractivity contribution in [2.45, 2.75) is 45.8 Å². The van der Waals surface area contributed by atoms with E-state index in [1.165, 1.54) is 6.42 Å². The fourth-order valence-corrected chi connectivity index (χ4v) is 3.89. The summed E-state index contributed by atoms with van der Waals surface area (Å²) in [6.07, 6.45) is 1.97. The van der Waals surface area contributed by atoms with E-state index in [2.05, 4.69) is 39.8 Å². The average Bonchev–Trinajstić information content (AvgIpc) is 2.35. The van der Waals surface area contributed by atoms with Crippen LogP contribution in [0.25, 0.3) is 0 Å². The predicted molar refractivity (Wildman–Crippen MR) is 55.9 cm³/mol. The van der Waals surface area contributed by atoms with Crippen LogP contribution in [0.15, 0.2) is 0 Å². The standard InChI is InChI=1S/C12H22NO.Li/c1-11(2)8-6-7-12(11,3)10(14)9(8)13(4)5;/h8-10H,6-7H2,1-5H3;/q-1;+1/t8-,9-,10-,12+;/m1./s1. The first kappa shape index (κ1) is 13.6. The zero-order chi connectivity index (χ0) is 10.7.